The highest BCUT2D eigenvalue weighted by Gasteiger charge is 2.55. The van der Waals surface area contributed by atoms with Crippen molar-refractivity contribution in [3.05, 3.63) is 49.1 Å². The Bertz CT molecular complexity index is 572. The van der Waals surface area contributed by atoms with Crippen molar-refractivity contribution in [3.63, 3.8) is 0 Å². The SMILES string of the molecule is C=CCOC(=O)C1=CC2CC1C1C(C(=O)OCC=C)C=CC21. The second-order valence-corrected chi connectivity index (χ2v) is 6.00. The van der Waals surface area contributed by atoms with Gasteiger partial charge in [-0.1, -0.05) is 43.5 Å². The monoisotopic (exact) mass is 300 g/mol. The third-order valence-electron chi connectivity index (χ3n) is 4.86. The summed E-state index contributed by atoms with van der Waals surface area (Å²) >= 11 is 0. The van der Waals surface area contributed by atoms with E-state index in [4.69, 9.17) is 9.47 Å². The van der Waals surface area contributed by atoms with E-state index in [1.165, 1.54) is 0 Å². The lowest BCUT2D eigenvalue weighted by molar-refractivity contribution is -0.148. The number of hydrogen-bond donors (Lipinski definition) is 0. The maximum Gasteiger partial charge on any atom is 0.334 e. The predicted molar refractivity (Wildman–Crippen MR) is 81.6 cm³/mol. The summed E-state index contributed by atoms with van der Waals surface area (Å²) in [5, 5.41) is 0. The fourth-order valence-electron chi connectivity index (χ4n) is 4.08. The van der Waals surface area contributed by atoms with E-state index in [0.717, 1.165) is 12.0 Å². The fourth-order valence-corrected chi connectivity index (χ4v) is 4.08. The molecule has 1 saturated carbocycles. The Kier molecular flexibility index (Phi) is 4.01. The molecule has 5 unspecified atom stereocenters. The summed E-state index contributed by atoms with van der Waals surface area (Å²) in [4.78, 5) is 24.3. The molecule has 0 heterocycles. The minimum absolute atomic E-state index is 0.0867. The van der Waals surface area contributed by atoms with Crippen LogP contribution in [0.2, 0.25) is 0 Å². The van der Waals surface area contributed by atoms with Gasteiger partial charge in [-0.2, -0.15) is 0 Å². The van der Waals surface area contributed by atoms with Crippen molar-refractivity contribution in [1.29, 1.82) is 0 Å². The van der Waals surface area contributed by atoms with Crippen LogP contribution in [0.15, 0.2) is 49.1 Å². The minimum atomic E-state index is -0.282. The molecule has 2 bridgehead atoms. The number of rotatable bonds is 6. The summed E-state index contributed by atoms with van der Waals surface area (Å²) < 4.78 is 10.4. The van der Waals surface area contributed by atoms with Gasteiger partial charge in [0, 0.05) is 5.57 Å². The summed E-state index contributed by atoms with van der Waals surface area (Å²) in [5.41, 5.74) is 0.721. The molecule has 4 nitrogen and oxygen atoms in total. The normalized spacial score (nSPS) is 34.0. The molecule has 0 spiro atoms. The van der Waals surface area contributed by atoms with Crippen LogP contribution in [-0.4, -0.2) is 25.2 Å². The number of fused-ring (bicyclic) bond motifs is 5. The van der Waals surface area contributed by atoms with Gasteiger partial charge in [0.15, 0.2) is 0 Å². The van der Waals surface area contributed by atoms with Gasteiger partial charge in [-0.25, -0.2) is 4.79 Å². The third-order valence-corrected chi connectivity index (χ3v) is 4.86. The predicted octanol–water partition coefficient (Wildman–Crippen LogP) is 2.44. The van der Waals surface area contributed by atoms with Crippen LogP contribution >= 0.6 is 0 Å². The van der Waals surface area contributed by atoms with Gasteiger partial charge >= 0.3 is 11.9 Å². The molecule has 0 N–H and O–H groups in total. The van der Waals surface area contributed by atoms with Crippen LogP contribution < -0.4 is 0 Å². The van der Waals surface area contributed by atoms with Crippen molar-refractivity contribution in [2.45, 2.75) is 6.42 Å². The molecule has 0 aromatic heterocycles. The standard InChI is InChI=1S/C18H20O4/c1-3-7-21-17(19)13-6-5-12-11-9-14(16(12)13)15(10-11)18(20)22-8-4-2/h3-6,10-14,16H,1-2,7-9H2. The van der Waals surface area contributed by atoms with Gasteiger partial charge in [0.1, 0.15) is 13.2 Å². The zero-order valence-electron chi connectivity index (χ0n) is 12.4. The number of ether oxygens (including phenoxy) is 2. The summed E-state index contributed by atoms with van der Waals surface area (Å²) in [6.07, 6.45) is 10.1. The largest absolute Gasteiger partial charge is 0.461 e. The van der Waals surface area contributed by atoms with Crippen molar-refractivity contribution in [2.24, 2.45) is 29.6 Å². The molecule has 0 saturated heterocycles. The molecule has 3 rings (SSSR count). The van der Waals surface area contributed by atoms with Crippen LogP contribution in [0.4, 0.5) is 0 Å². The molecule has 22 heavy (non-hydrogen) atoms. The molecule has 0 aromatic carbocycles. The molecule has 1 fully saturated rings. The lowest BCUT2D eigenvalue weighted by atomic mass is 9.77. The summed E-state index contributed by atoms with van der Waals surface area (Å²) in [5.74, 6) is 0.0981. The molecule has 0 aromatic rings. The minimum Gasteiger partial charge on any atom is -0.461 e. The first-order valence-corrected chi connectivity index (χ1v) is 7.63. The Hall–Kier alpha value is -2.10. The lowest BCUT2D eigenvalue weighted by Crippen LogP contribution is -2.31. The molecule has 0 amide bonds. The fraction of sp³-hybridized carbons (Fsp3) is 0.444. The number of hydrogen-bond acceptors (Lipinski definition) is 4. The Balaban J connectivity index is 1.73. The summed E-state index contributed by atoms with van der Waals surface area (Å²) in [7, 11) is 0. The lowest BCUT2D eigenvalue weighted by Gasteiger charge is -2.28. The van der Waals surface area contributed by atoms with Gasteiger partial charge in [-0.15, -0.1) is 0 Å². The molecule has 116 valence electrons. The van der Waals surface area contributed by atoms with Crippen LogP contribution in [-0.2, 0) is 19.1 Å². The van der Waals surface area contributed by atoms with E-state index in [2.05, 4.69) is 19.2 Å². The van der Waals surface area contributed by atoms with E-state index in [1.807, 2.05) is 12.2 Å². The van der Waals surface area contributed by atoms with Crippen molar-refractivity contribution < 1.29 is 19.1 Å². The number of carbonyl (C=O) groups is 2. The van der Waals surface area contributed by atoms with Gasteiger partial charge in [0.25, 0.3) is 0 Å². The second-order valence-electron chi connectivity index (χ2n) is 6.00. The van der Waals surface area contributed by atoms with Crippen LogP contribution in [0.5, 0.6) is 0 Å². The molecule has 0 aliphatic heterocycles. The van der Waals surface area contributed by atoms with Gasteiger partial charge in [0.05, 0.1) is 5.92 Å². The van der Waals surface area contributed by atoms with E-state index in [-0.39, 0.29) is 42.9 Å². The highest BCUT2D eigenvalue weighted by molar-refractivity contribution is 5.90. The molecule has 4 heteroatoms. The van der Waals surface area contributed by atoms with Gasteiger partial charge in [-0.05, 0) is 30.1 Å². The first kappa shape index (κ1) is 14.8. The number of carbonyl (C=O) groups excluding carboxylic acids is 2. The van der Waals surface area contributed by atoms with Crippen molar-refractivity contribution in [3.8, 4) is 0 Å². The summed E-state index contributed by atoms with van der Waals surface area (Å²) in [6.45, 7) is 7.54. The van der Waals surface area contributed by atoms with Crippen molar-refractivity contribution >= 4 is 11.9 Å². The van der Waals surface area contributed by atoms with Crippen LogP contribution in [0, 0.1) is 29.6 Å². The smallest absolute Gasteiger partial charge is 0.334 e. The van der Waals surface area contributed by atoms with E-state index in [9.17, 15) is 9.59 Å². The first-order valence-electron chi connectivity index (χ1n) is 7.63. The molecular formula is C18H20O4. The highest BCUT2D eigenvalue weighted by Crippen LogP contribution is 2.57. The van der Waals surface area contributed by atoms with E-state index >= 15 is 0 Å². The van der Waals surface area contributed by atoms with E-state index in [0.29, 0.717) is 11.8 Å². The van der Waals surface area contributed by atoms with Gasteiger partial charge < -0.3 is 9.47 Å². The maximum absolute atomic E-state index is 12.2. The molecule has 3 aliphatic carbocycles. The maximum atomic E-state index is 12.2. The average Bonchev–Trinajstić information content (AvgIpc) is 3.20. The number of esters is 2. The van der Waals surface area contributed by atoms with E-state index < -0.39 is 0 Å². The van der Waals surface area contributed by atoms with Crippen molar-refractivity contribution in [2.75, 3.05) is 13.2 Å². The van der Waals surface area contributed by atoms with Crippen molar-refractivity contribution in [1.82, 2.24) is 0 Å². The van der Waals surface area contributed by atoms with Gasteiger partial charge in [0.2, 0.25) is 0 Å². The zero-order chi connectivity index (χ0) is 15.7. The number of allylic oxidation sites excluding steroid dienone is 2. The zero-order valence-corrected chi connectivity index (χ0v) is 12.4. The molecule has 3 aliphatic rings. The third kappa shape index (κ3) is 2.32. The second kappa shape index (κ2) is 5.95. The quantitative estimate of drug-likeness (QED) is 0.558. The topological polar surface area (TPSA) is 52.6 Å². The first-order chi connectivity index (χ1) is 10.7. The van der Waals surface area contributed by atoms with Crippen LogP contribution in [0.3, 0.4) is 0 Å². The molecule has 5 atom stereocenters. The van der Waals surface area contributed by atoms with Crippen LogP contribution in [0.1, 0.15) is 6.42 Å². The Morgan fingerprint density at radius 2 is 1.91 bits per heavy atom. The van der Waals surface area contributed by atoms with E-state index in [1.54, 1.807) is 12.2 Å². The van der Waals surface area contributed by atoms with Gasteiger partial charge in [-0.3, -0.25) is 4.79 Å². The Morgan fingerprint density at radius 3 is 2.64 bits per heavy atom. The Morgan fingerprint density at radius 1 is 1.18 bits per heavy atom. The Labute approximate surface area is 130 Å². The molecule has 0 radical (unpaired) electrons. The van der Waals surface area contributed by atoms with Crippen LogP contribution in [0.25, 0.3) is 0 Å². The molecular weight excluding hydrogens is 280 g/mol. The average molecular weight is 300 g/mol. The highest BCUT2D eigenvalue weighted by atomic mass is 16.5. The summed E-state index contributed by atoms with van der Waals surface area (Å²) in [6, 6.07) is 0.